The Morgan fingerprint density at radius 2 is 1.76 bits per heavy atom. The minimum atomic E-state index is -4.56. The molecule has 0 aromatic rings. The molecular formula is C8H13O8P. The molecule has 0 aliphatic rings. The first kappa shape index (κ1) is 15.8. The van der Waals surface area contributed by atoms with Gasteiger partial charge >= 0.3 is 19.8 Å². The molecule has 0 atom stereocenters. The fourth-order valence-electron chi connectivity index (χ4n) is 0.677. The number of hydrogen-bond acceptors (Lipinski definition) is 6. The molecule has 2 N–H and O–H groups in total. The number of carbonyl (C=O) groups is 2. The molecule has 8 nitrogen and oxygen atoms in total. The summed E-state index contributed by atoms with van der Waals surface area (Å²) >= 11 is 0. The predicted molar refractivity (Wildman–Crippen MR) is 54.7 cm³/mol. The van der Waals surface area contributed by atoms with Crippen LogP contribution >= 0.6 is 7.82 Å². The molecule has 0 aromatic heterocycles. The second-order valence-corrected chi connectivity index (χ2v) is 3.91. The Bertz CT molecular complexity index is 319. The van der Waals surface area contributed by atoms with Crippen molar-refractivity contribution in [3.8, 4) is 0 Å². The maximum Gasteiger partial charge on any atom is 0.469 e. The highest BCUT2D eigenvalue weighted by Crippen LogP contribution is 2.35. The second kappa shape index (κ2) is 7.97. The van der Waals surface area contributed by atoms with Gasteiger partial charge in [-0.3, -0.25) is 9.32 Å². The lowest BCUT2D eigenvalue weighted by Crippen LogP contribution is -2.13. The standard InChI is InChI=1S/C8H13O8P/c1-2-7(9)14-5-6-15-8(10)3-4-16-17(11,12)13/h2H,1,3-6H2,(H2,11,12,13). The van der Waals surface area contributed by atoms with E-state index in [9.17, 15) is 14.2 Å². The quantitative estimate of drug-likeness (QED) is 0.268. The van der Waals surface area contributed by atoms with Gasteiger partial charge in [-0.05, 0) is 0 Å². The average Bonchev–Trinajstić information content (AvgIpc) is 2.22. The van der Waals surface area contributed by atoms with Crippen LogP contribution in [0.3, 0.4) is 0 Å². The molecule has 98 valence electrons. The number of esters is 2. The molecular weight excluding hydrogens is 255 g/mol. The summed E-state index contributed by atoms with van der Waals surface area (Å²) < 4.78 is 23.3. The van der Waals surface area contributed by atoms with Crippen molar-refractivity contribution in [3.05, 3.63) is 12.7 Å². The monoisotopic (exact) mass is 268 g/mol. The molecule has 0 amide bonds. The van der Waals surface area contributed by atoms with Crippen molar-refractivity contribution in [2.45, 2.75) is 6.42 Å². The van der Waals surface area contributed by atoms with E-state index in [4.69, 9.17) is 9.79 Å². The van der Waals surface area contributed by atoms with Crippen molar-refractivity contribution < 1.29 is 37.9 Å². The Morgan fingerprint density at radius 3 is 2.29 bits per heavy atom. The van der Waals surface area contributed by atoms with Gasteiger partial charge in [0, 0.05) is 6.08 Å². The Balaban J connectivity index is 3.51. The summed E-state index contributed by atoms with van der Waals surface area (Å²) in [7, 11) is -4.56. The van der Waals surface area contributed by atoms with Crippen LogP contribution in [0.2, 0.25) is 0 Å². The van der Waals surface area contributed by atoms with E-state index in [1.54, 1.807) is 0 Å². The Morgan fingerprint density at radius 1 is 1.18 bits per heavy atom. The van der Waals surface area contributed by atoms with Crippen molar-refractivity contribution in [1.29, 1.82) is 0 Å². The fourth-order valence-corrected chi connectivity index (χ4v) is 1.01. The Labute approximate surface area is 97.4 Å². The third kappa shape index (κ3) is 11.1. The number of ether oxygens (including phenoxy) is 2. The lowest BCUT2D eigenvalue weighted by atomic mass is 10.5. The maximum atomic E-state index is 10.9. The zero-order valence-electron chi connectivity index (χ0n) is 8.90. The van der Waals surface area contributed by atoms with Gasteiger partial charge in [0.1, 0.15) is 13.2 Å². The number of hydrogen-bond donors (Lipinski definition) is 2. The molecule has 0 bridgehead atoms. The number of phosphoric ester groups is 1. The van der Waals surface area contributed by atoms with E-state index in [2.05, 4.69) is 20.6 Å². The number of phosphoric acid groups is 1. The molecule has 0 aliphatic heterocycles. The van der Waals surface area contributed by atoms with Crippen molar-refractivity contribution in [2.24, 2.45) is 0 Å². The van der Waals surface area contributed by atoms with Gasteiger partial charge in [0.25, 0.3) is 0 Å². The minimum Gasteiger partial charge on any atom is -0.462 e. The average molecular weight is 268 g/mol. The SMILES string of the molecule is C=CC(=O)OCCOC(=O)CCOP(=O)(O)O. The summed E-state index contributed by atoms with van der Waals surface area (Å²) in [6.07, 6.45) is 0.663. The van der Waals surface area contributed by atoms with Gasteiger partial charge in [-0.1, -0.05) is 6.58 Å². The van der Waals surface area contributed by atoms with Crippen LogP contribution in [-0.2, 0) is 28.2 Å². The van der Waals surface area contributed by atoms with Gasteiger partial charge in [-0.15, -0.1) is 0 Å². The van der Waals surface area contributed by atoms with Gasteiger partial charge in [0.15, 0.2) is 0 Å². The first-order valence-corrected chi connectivity index (χ1v) is 6.03. The lowest BCUT2D eigenvalue weighted by Gasteiger charge is -2.06. The van der Waals surface area contributed by atoms with E-state index in [-0.39, 0.29) is 19.6 Å². The van der Waals surface area contributed by atoms with Gasteiger partial charge in [0.2, 0.25) is 0 Å². The van der Waals surface area contributed by atoms with E-state index in [1.807, 2.05) is 0 Å². The molecule has 9 heteroatoms. The summed E-state index contributed by atoms with van der Waals surface area (Å²) in [5.74, 6) is -1.35. The summed E-state index contributed by atoms with van der Waals surface area (Å²) in [6, 6.07) is 0. The van der Waals surface area contributed by atoms with Crippen LogP contribution < -0.4 is 0 Å². The van der Waals surface area contributed by atoms with Crippen LogP contribution in [0.1, 0.15) is 6.42 Å². The Hall–Kier alpha value is -1.21. The van der Waals surface area contributed by atoms with Crippen molar-refractivity contribution in [3.63, 3.8) is 0 Å². The molecule has 0 rings (SSSR count). The van der Waals surface area contributed by atoms with Gasteiger partial charge in [-0.25, -0.2) is 9.36 Å². The van der Waals surface area contributed by atoms with Crippen molar-refractivity contribution in [2.75, 3.05) is 19.8 Å². The van der Waals surface area contributed by atoms with Gasteiger partial charge in [-0.2, -0.15) is 0 Å². The molecule has 0 radical (unpaired) electrons. The number of carbonyl (C=O) groups excluding carboxylic acids is 2. The van der Waals surface area contributed by atoms with E-state index in [0.717, 1.165) is 6.08 Å². The molecule has 0 aromatic carbocycles. The molecule has 0 aliphatic carbocycles. The maximum absolute atomic E-state index is 10.9. The van der Waals surface area contributed by atoms with Crippen LogP contribution in [0.25, 0.3) is 0 Å². The van der Waals surface area contributed by atoms with Crippen molar-refractivity contribution in [1.82, 2.24) is 0 Å². The van der Waals surface area contributed by atoms with Crippen LogP contribution in [0.5, 0.6) is 0 Å². The third-order valence-corrected chi connectivity index (χ3v) is 1.84. The van der Waals surface area contributed by atoms with E-state index in [0.29, 0.717) is 0 Å². The summed E-state index contributed by atoms with van der Waals surface area (Å²) in [6.45, 7) is 2.46. The first-order valence-electron chi connectivity index (χ1n) is 4.50. The predicted octanol–water partition coefficient (Wildman–Crippen LogP) is -0.242. The molecule has 0 saturated heterocycles. The largest absolute Gasteiger partial charge is 0.469 e. The molecule has 17 heavy (non-hydrogen) atoms. The third-order valence-electron chi connectivity index (χ3n) is 1.32. The van der Waals surface area contributed by atoms with Gasteiger partial charge in [0.05, 0.1) is 13.0 Å². The zero-order chi connectivity index (χ0) is 13.3. The molecule has 0 fully saturated rings. The van der Waals surface area contributed by atoms with Crippen LogP contribution in [0.15, 0.2) is 12.7 Å². The second-order valence-electron chi connectivity index (χ2n) is 2.67. The summed E-state index contributed by atoms with van der Waals surface area (Å²) in [5, 5.41) is 0. The topological polar surface area (TPSA) is 119 Å². The highest BCUT2D eigenvalue weighted by atomic mass is 31.2. The fraction of sp³-hybridized carbons (Fsp3) is 0.500. The number of rotatable bonds is 8. The van der Waals surface area contributed by atoms with Gasteiger partial charge < -0.3 is 19.3 Å². The van der Waals surface area contributed by atoms with Crippen LogP contribution in [0, 0.1) is 0 Å². The van der Waals surface area contributed by atoms with Crippen LogP contribution in [-0.4, -0.2) is 41.5 Å². The molecule has 0 unspecified atom stereocenters. The van der Waals surface area contributed by atoms with Crippen LogP contribution in [0.4, 0.5) is 0 Å². The summed E-state index contributed by atoms with van der Waals surface area (Å²) in [5.41, 5.74) is 0. The van der Waals surface area contributed by atoms with E-state index >= 15 is 0 Å². The first-order chi connectivity index (χ1) is 7.85. The normalized spacial score (nSPS) is 10.7. The van der Waals surface area contributed by atoms with E-state index < -0.39 is 26.4 Å². The molecule has 0 spiro atoms. The highest BCUT2D eigenvalue weighted by Gasteiger charge is 2.14. The smallest absolute Gasteiger partial charge is 0.462 e. The molecule has 0 heterocycles. The summed E-state index contributed by atoms with van der Waals surface area (Å²) in [4.78, 5) is 38.1. The lowest BCUT2D eigenvalue weighted by molar-refractivity contribution is -0.150. The van der Waals surface area contributed by atoms with Crippen molar-refractivity contribution >= 4 is 19.8 Å². The highest BCUT2D eigenvalue weighted by molar-refractivity contribution is 7.46. The van der Waals surface area contributed by atoms with E-state index in [1.165, 1.54) is 0 Å². The Kier molecular flexibility index (Phi) is 7.40. The zero-order valence-corrected chi connectivity index (χ0v) is 9.80. The minimum absolute atomic E-state index is 0.115. The molecule has 0 saturated carbocycles.